The summed E-state index contributed by atoms with van der Waals surface area (Å²) in [4.78, 5) is 36.4. The zero-order valence-electron chi connectivity index (χ0n) is 23.6. The summed E-state index contributed by atoms with van der Waals surface area (Å²) in [5, 5.41) is 2.78. The summed E-state index contributed by atoms with van der Waals surface area (Å²) >= 11 is 2.02. The average Bonchev–Trinajstić information content (AvgIpc) is 3.83. The molecule has 10 N–H and O–H groups in total. The second-order valence-electron chi connectivity index (χ2n) is 10.7. The fourth-order valence-electron chi connectivity index (χ4n) is 6.00. The molecule has 0 aliphatic carbocycles. The summed E-state index contributed by atoms with van der Waals surface area (Å²) in [6.07, 6.45) is 0. The number of rotatable bonds is 0. The van der Waals surface area contributed by atoms with Gasteiger partial charge in [0.15, 0.2) is 23.3 Å². The molecule has 226 valence electrons. The normalized spacial score (nSPS) is 11.6. The van der Waals surface area contributed by atoms with E-state index in [-0.39, 0.29) is 22.7 Å². The molecule has 12 nitrogen and oxygen atoms in total. The summed E-state index contributed by atoms with van der Waals surface area (Å²) in [5.41, 5.74) is 31.8. The molecule has 0 atom stereocenters. The Morgan fingerprint density at radius 1 is 0.413 bits per heavy atom. The summed E-state index contributed by atoms with van der Waals surface area (Å²) < 4.78 is 0. The van der Waals surface area contributed by atoms with Crippen molar-refractivity contribution in [1.29, 1.82) is 0 Å². The zero-order chi connectivity index (χ0) is 31.7. The number of aromatic nitrogens is 8. The molecule has 0 radical (unpaired) electrons. The van der Waals surface area contributed by atoms with Gasteiger partial charge in [-0.2, -0.15) is 0 Å². The second-order valence-corrected chi connectivity index (χ2v) is 10.7. The number of nitrogen functional groups attached to an aromatic ring is 4. The van der Waals surface area contributed by atoms with Crippen molar-refractivity contribution in [2.45, 2.75) is 0 Å². The zero-order valence-corrected chi connectivity index (χ0v) is 26.0. The molecule has 2 aliphatic rings. The number of hydrogen-bond acceptors (Lipinski definition) is 10. The van der Waals surface area contributed by atoms with Crippen molar-refractivity contribution in [1.82, 2.24) is 39.9 Å². The first-order valence-electron chi connectivity index (χ1n) is 13.9. The summed E-state index contributed by atoms with van der Waals surface area (Å²) in [6, 6.07) is 23.5. The number of hydrogen-bond donors (Lipinski definition) is 6. The van der Waals surface area contributed by atoms with E-state index in [9.17, 15) is 0 Å². The molecule has 0 saturated carbocycles. The molecular weight excluding hydrogens is 691 g/mol. The van der Waals surface area contributed by atoms with Crippen LogP contribution < -0.4 is 22.9 Å². The van der Waals surface area contributed by atoms with Gasteiger partial charge in [0.1, 0.15) is 22.6 Å². The van der Waals surface area contributed by atoms with E-state index in [1.807, 2.05) is 90.1 Å². The molecule has 0 fully saturated rings. The van der Waals surface area contributed by atoms with Gasteiger partial charge in [0.05, 0.1) is 33.5 Å². The van der Waals surface area contributed by atoms with E-state index in [1.54, 1.807) is 0 Å². The van der Waals surface area contributed by atoms with Gasteiger partial charge in [-0.05, 0) is 0 Å². The first-order valence-corrected chi connectivity index (χ1v) is 16.1. The molecule has 0 unspecified atom stereocenters. The third-order valence-electron chi connectivity index (χ3n) is 8.16. The van der Waals surface area contributed by atoms with Crippen molar-refractivity contribution in [3.05, 3.63) is 72.8 Å². The third kappa shape index (κ3) is 4.02. The van der Waals surface area contributed by atoms with Gasteiger partial charge in [-0.1, -0.05) is 72.8 Å². The van der Waals surface area contributed by atoms with Crippen LogP contribution in [0.1, 0.15) is 0 Å². The molecule has 0 amide bonds. The Hall–Kier alpha value is -5.65. The van der Waals surface area contributed by atoms with E-state index < -0.39 is 0 Å². The fourth-order valence-corrected chi connectivity index (χ4v) is 6.00. The summed E-state index contributed by atoms with van der Waals surface area (Å²) in [6.45, 7) is 0. The number of H-pyrrole nitrogens is 2. The Bertz CT molecular complexity index is 2400. The third-order valence-corrected chi connectivity index (χ3v) is 8.16. The minimum absolute atomic E-state index is 0.172. The molecule has 14 heteroatoms. The van der Waals surface area contributed by atoms with Crippen LogP contribution >= 0.6 is 9.69 Å². The SMILES string of the molecule is Nc1c(N)c(N)c2c3nc4nc(nc5[nH]c(nc6nc(nc([nH]3)c2c1N)-c1ccccc1-6)c1ccccc51)-c1ccccc1-4.[Cl][Rh]. The molecule has 0 saturated heterocycles. The quantitative estimate of drug-likeness (QED) is 0.0811. The van der Waals surface area contributed by atoms with E-state index in [0.717, 1.165) is 33.0 Å². The van der Waals surface area contributed by atoms with Gasteiger partial charge in [-0.25, -0.2) is 29.9 Å². The Morgan fingerprint density at radius 3 is 1.09 bits per heavy atom. The van der Waals surface area contributed by atoms with Gasteiger partial charge in [-0.3, -0.25) is 0 Å². The van der Waals surface area contributed by atoms with E-state index in [4.69, 9.17) is 52.8 Å². The molecule has 8 bridgehead atoms. The Morgan fingerprint density at radius 2 is 0.717 bits per heavy atom. The molecule has 46 heavy (non-hydrogen) atoms. The van der Waals surface area contributed by atoms with Crippen LogP contribution in [0.15, 0.2) is 72.8 Å². The van der Waals surface area contributed by atoms with Crippen molar-refractivity contribution in [2.75, 3.05) is 22.9 Å². The number of nitrogens with one attached hydrogen (secondary N) is 2. The number of aromatic amines is 2. The number of benzene rings is 4. The first-order chi connectivity index (χ1) is 22.5. The molecule has 7 aromatic rings. The van der Waals surface area contributed by atoms with E-state index >= 15 is 0 Å². The number of halogens is 1. The van der Waals surface area contributed by atoms with Gasteiger partial charge in [0.2, 0.25) is 0 Å². The van der Waals surface area contributed by atoms with Crippen LogP contribution in [-0.4, -0.2) is 39.9 Å². The molecule has 5 heterocycles. The Balaban J connectivity index is 0.00000153. The van der Waals surface area contributed by atoms with Crippen molar-refractivity contribution in [3.8, 4) is 45.6 Å². The van der Waals surface area contributed by atoms with Crippen LogP contribution in [0, 0.1) is 0 Å². The van der Waals surface area contributed by atoms with Crippen molar-refractivity contribution < 1.29 is 17.3 Å². The molecule has 0 spiro atoms. The second kappa shape index (κ2) is 10.5. The first kappa shape index (κ1) is 27.9. The van der Waals surface area contributed by atoms with Crippen LogP contribution in [-0.2, 0) is 17.3 Å². The predicted molar refractivity (Wildman–Crippen MR) is 180 cm³/mol. The number of fused-ring (bicyclic) bond motifs is 20. The van der Waals surface area contributed by atoms with E-state index in [2.05, 4.69) is 19.7 Å². The molecule has 4 aromatic carbocycles. The fraction of sp³-hybridized carbons (Fsp3) is 0. The van der Waals surface area contributed by atoms with Crippen molar-refractivity contribution >= 4 is 76.6 Å². The Kier molecular flexibility index (Phi) is 6.34. The molecule has 9 rings (SSSR count). The maximum absolute atomic E-state index is 6.56. The Labute approximate surface area is 274 Å². The predicted octanol–water partition coefficient (Wildman–Crippen LogP) is 5.89. The number of anilines is 4. The number of nitrogens with zero attached hydrogens (tertiary/aromatic N) is 6. The van der Waals surface area contributed by atoms with Crippen LogP contribution in [0.3, 0.4) is 0 Å². The molecule has 2 aliphatic heterocycles. The summed E-state index contributed by atoms with van der Waals surface area (Å²) in [5.74, 6) is 1.88. The van der Waals surface area contributed by atoms with Crippen LogP contribution in [0.2, 0.25) is 0 Å². The van der Waals surface area contributed by atoms with Gasteiger partial charge in [0, 0.05) is 33.0 Å². The van der Waals surface area contributed by atoms with Crippen LogP contribution in [0.25, 0.3) is 89.7 Å². The summed E-state index contributed by atoms with van der Waals surface area (Å²) in [7, 11) is 4.53. The average molecular weight is 713 g/mol. The monoisotopic (exact) mass is 712 g/mol. The topological polar surface area (TPSA) is 213 Å². The van der Waals surface area contributed by atoms with E-state index in [0.29, 0.717) is 56.7 Å². The van der Waals surface area contributed by atoms with Gasteiger partial charge in [0.25, 0.3) is 0 Å². The standard InChI is InChI=1S/C32H22N12.ClH.Rh/c33-21-19-20(22(34)24(36)23(21)35)32-43-30-18-12-6-4-10-16(18)28(41-30)39-26-14-8-2-1-7-13(14)25(37-26)38-27-15-9-3-5-11-17(15)29(40-27)42-31(19)44-32;;/h1-12H,33-36H2,(H2,37,38,39,40,41,42,43,44);1H;/q;;+1/p-1. The molecular formula is C32H22ClN12Rh. The van der Waals surface area contributed by atoms with E-state index in [1.165, 1.54) is 0 Å². The van der Waals surface area contributed by atoms with Crippen molar-refractivity contribution in [2.24, 2.45) is 0 Å². The van der Waals surface area contributed by atoms with Gasteiger partial charge >= 0.3 is 27.0 Å². The minimum atomic E-state index is 0.172. The van der Waals surface area contributed by atoms with Crippen LogP contribution in [0.4, 0.5) is 22.7 Å². The maximum atomic E-state index is 6.56. The van der Waals surface area contributed by atoms with Crippen LogP contribution in [0.5, 0.6) is 0 Å². The van der Waals surface area contributed by atoms with Gasteiger partial charge in [-0.15, -0.1) is 0 Å². The van der Waals surface area contributed by atoms with Gasteiger partial charge < -0.3 is 32.9 Å². The molecule has 3 aromatic heterocycles. The number of nitrogens with two attached hydrogens (primary N) is 4. The van der Waals surface area contributed by atoms with Crippen molar-refractivity contribution in [3.63, 3.8) is 0 Å².